The van der Waals surface area contributed by atoms with Crippen LogP contribution in [-0.4, -0.2) is 70.7 Å². The molecule has 12 rings (SSSR count). The average Bonchev–Trinajstić information content (AvgIpc) is 3.77. The summed E-state index contributed by atoms with van der Waals surface area (Å²) in [4.78, 5) is 76.2. The van der Waals surface area contributed by atoms with Crippen LogP contribution in [0.1, 0.15) is 90.3 Å². The van der Waals surface area contributed by atoms with Gasteiger partial charge in [0.1, 0.15) is 34.6 Å². The van der Waals surface area contributed by atoms with Crippen molar-refractivity contribution in [3.63, 3.8) is 0 Å². The maximum Gasteiger partial charge on any atom is 0.392 e. The SMILES string of the molecule is CC1CCn2c(nc3cc(C#Cc4ccccn4)cnc3c2=O)C1.O=c1c2ncc(C#Cc3ccccn3)cc2nc2n1CC(F)(F)CCC2.O=c1c2ncc(C#Cc3ccccn3)cc2nc2n1CCCC(C(F)(F)F)C2. The molecule has 9 aromatic rings. The number of aryl methyl sites for hydroxylation is 1. The van der Waals surface area contributed by atoms with E-state index in [1.807, 2.05) is 36.4 Å². The minimum atomic E-state index is -4.31. The third kappa shape index (κ3) is 12.2. The van der Waals surface area contributed by atoms with Crippen LogP contribution in [0.4, 0.5) is 22.0 Å². The highest BCUT2D eigenvalue weighted by atomic mass is 19.4. The van der Waals surface area contributed by atoms with Crippen molar-refractivity contribution in [3.05, 3.63) is 192 Å². The minimum Gasteiger partial charge on any atom is -0.295 e. The zero-order valence-corrected chi connectivity index (χ0v) is 41.8. The van der Waals surface area contributed by atoms with Crippen molar-refractivity contribution in [2.24, 2.45) is 11.8 Å². The van der Waals surface area contributed by atoms with Crippen molar-refractivity contribution in [3.8, 4) is 35.5 Å². The van der Waals surface area contributed by atoms with Gasteiger partial charge in [0.05, 0.1) is 29.0 Å². The summed E-state index contributed by atoms with van der Waals surface area (Å²) in [6.07, 6.45) is 7.37. The Kier molecular flexibility index (Phi) is 15.0. The minimum absolute atomic E-state index is 0.0170. The number of fused-ring (bicyclic) bond motifs is 6. The Morgan fingerprint density at radius 3 is 1.45 bits per heavy atom. The van der Waals surface area contributed by atoms with Gasteiger partial charge >= 0.3 is 6.18 Å². The van der Waals surface area contributed by atoms with Gasteiger partial charge in [-0.25, -0.2) is 53.6 Å². The average molecular weight is 1050 g/mol. The van der Waals surface area contributed by atoms with Gasteiger partial charge in [-0.1, -0.05) is 42.9 Å². The highest BCUT2D eigenvalue weighted by Gasteiger charge is 2.41. The molecule has 2 atom stereocenters. The molecule has 78 heavy (non-hydrogen) atoms. The number of aromatic nitrogens is 12. The molecule has 0 amide bonds. The normalized spacial score (nSPS) is 16.2. The smallest absolute Gasteiger partial charge is 0.295 e. The molecule has 0 radical (unpaired) electrons. The largest absolute Gasteiger partial charge is 0.392 e. The Morgan fingerprint density at radius 2 is 0.987 bits per heavy atom. The number of rotatable bonds is 0. The lowest BCUT2D eigenvalue weighted by atomic mass is 10.00. The van der Waals surface area contributed by atoms with Gasteiger partial charge < -0.3 is 0 Å². The molecule has 0 N–H and O–H groups in total. The maximum absolute atomic E-state index is 13.8. The first kappa shape index (κ1) is 52.1. The van der Waals surface area contributed by atoms with Crippen LogP contribution < -0.4 is 16.7 Å². The van der Waals surface area contributed by atoms with Gasteiger partial charge in [0.15, 0.2) is 16.6 Å². The van der Waals surface area contributed by atoms with E-state index >= 15 is 0 Å². The summed E-state index contributed by atoms with van der Waals surface area (Å²) in [6.45, 7) is 2.48. The maximum atomic E-state index is 13.8. The van der Waals surface area contributed by atoms with Crippen molar-refractivity contribution in [2.75, 3.05) is 0 Å². The Balaban J connectivity index is 0.000000133. The van der Waals surface area contributed by atoms with Gasteiger partial charge in [-0.05, 0) is 104 Å². The van der Waals surface area contributed by atoms with Gasteiger partial charge in [0, 0.05) is 92.6 Å². The fourth-order valence-electron chi connectivity index (χ4n) is 9.17. The summed E-state index contributed by atoms with van der Waals surface area (Å²) in [5.74, 6) is 15.2. The molecule has 20 heteroatoms. The first-order valence-corrected chi connectivity index (χ1v) is 25.1. The molecule has 0 spiro atoms. The molecule has 9 aromatic heterocycles. The standard InChI is InChI=1S/C20H15F3N4O.C19H14F2N4O.C19H16N4O/c21-20(22,23)14-4-3-9-27-17(11-14)26-16-10-13(12-25-18(16)19(27)28)6-7-15-5-1-2-8-24-15;20-19(21)8-3-5-16-24-15-10-13(6-7-14-4-1-2-9-22-14)11-23-17(15)18(26)25(16)12-19;1-13-7-9-23-17(10-13)22-16-11-14(12-21-18(16)19(23)24)5-6-15-4-2-3-8-20-15/h1-2,5,8,10,12,14H,3-4,9,11H2;1-2,4,9-11H,3,5,8,12H2;2-4,8,11-13H,7,9-10H2,1H3. The number of halogens is 5. The fraction of sp³-hybridized carbons (Fsp3) is 0.276. The quantitative estimate of drug-likeness (QED) is 0.106. The third-order valence-electron chi connectivity index (χ3n) is 13.2. The topological polar surface area (TPSA) is 182 Å². The van der Waals surface area contributed by atoms with E-state index in [1.54, 1.807) is 65.8 Å². The lowest BCUT2D eigenvalue weighted by Gasteiger charge is -2.22. The van der Waals surface area contributed by atoms with Gasteiger partial charge in [0.25, 0.3) is 22.6 Å². The summed E-state index contributed by atoms with van der Waals surface area (Å²) >= 11 is 0. The zero-order valence-electron chi connectivity index (χ0n) is 41.8. The molecule has 3 aliphatic heterocycles. The Hall–Kier alpha value is -9.35. The Bertz CT molecular complexity index is 4120. The number of pyridine rings is 6. The number of alkyl halides is 5. The van der Waals surface area contributed by atoms with Crippen LogP contribution in [0.15, 0.2) is 124 Å². The van der Waals surface area contributed by atoms with Crippen molar-refractivity contribution in [1.29, 1.82) is 0 Å². The van der Waals surface area contributed by atoms with Crippen molar-refractivity contribution in [1.82, 2.24) is 58.6 Å². The van der Waals surface area contributed by atoms with E-state index in [4.69, 9.17) is 0 Å². The number of hydrogen-bond acceptors (Lipinski definition) is 12. The molecule has 390 valence electrons. The molecular formula is C58H45F5N12O3. The summed E-state index contributed by atoms with van der Waals surface area (Å²) in [7, 11) is 0. The van der Waals surface area contributed by atoms with E-state index in [2.05, 4.69) is 87.3 Å². The van der Waals surface area contributed by atoms with E-state index in [0.717, 1.165) is 35.3 Å². The van der Waals surface area contributed by atoms with Gasteiger partial charge in [-0.3, -0.25) is 28.1 Å². The number of nitrogens with zero attached hydrogens (tertiary/aromatic N) is 12. The molecule has 3 aliphatic rings. The molecule has 0 aliphatic carbocycles. The van der Waals surface area contributed by atoms with Crippen molar-refractivity contribution in [2.45, 2.75) is 90.0 Å². The Labute approximate surface area is 441 Å². The molecule has 15 nitrogen and oxygen atoms in total. The first-order chi connectivity index (χ1) is 37.6. The molecule has 2 unspecified atom stereocenters. The van der Waals surface area contributed by atoms with Gasteiger partial charge in [0.2, 0.25) is 0 Å². The second-order valence-corrected chi connectivity index (χ2v) is 19.0. The molecule has 0 saturated carbocycles. The van der Waals surface area contributed by atoms with Crippen molar-refractivity contribution >= 4 is 33.1 Å². The van der Waals surface area contributed by atoms with Gasteiger partial charge in [-0.2, -0.15) is 13.2 Å². The lowest BCUT2D eigenvalue weighted by molar-refractivity contribution is -0.176. The van der Waals surface area contributed by atoms with Crippen LogP contribution >= 0.6 is 0 Å². The second kappa shape index (κ2) is 22.5. The van der Waals surface area contributed by atoms with Crippen LogP contribution in [0.5, 0.6) is 0 Å². The van der Waals surface area contributed by atoms with Crippen LogP contribution in [0.3, 0.4) is 0 Å². The highest BCUT2D eigenvalue weighted by Crippen LogP contribution is 2.34. The van der Waals surface area contributed by atoms with Crippen molar-refractivity contribution < 1.29 is 22.0 Å². The molecule has 0 saturated heterocycles. The predicted molar refractivity (Wildman–Crippen MR) is 280 cm³/mol. The molecular weight excluding hydrogens is 1010 g/mol. The van der Waals surface area contributed by atoms with Gasteiger partial charge in [-0.15, -0.1) is 0 Å². The fourth-order valence-corrected chi connectivity index (χ4v) is 9.17. The third-order valence-corrected chi connectivity index (χ3v) is 13.2. The van der Waals surface area contributed by atoms with E-state index in [-0.39, 0.29) is 66.6 Å². The molecule has 0 bridgehead atoms. The van der Waals surface area contributed by atoms with Crippen LogP contribution in [0, 0.1) is 47.4 Å². The monoisotopic (exact) mass is 1050 g/mol. The van der Waals surface area contributed by atoms with Crippen LogP contribution in [0.2, 0.25) is 0 Å². The summed E-state index contributed by atoms with van der Waals surface area (Å²) in [6, 6.07) is 21.4. The summed E-state index contributed by atoms with van der Waals surface area (Å²) in [5.41, 5.74) is 4.60. The zero-order chi connectivity index (χ0) is 54.4. The second-order valence-electron chi connectivity index (χ2n) is 19.0. The summed E-state index contributed by atoms with van der Waals surface area (Å²) < 4.78 is 71.4. The number of hydrogen-bond donors (Lipinski definition) is 0. The molecule has 12 heterocycles. The van der Waals surface area contributed by atoms with E-state index in [1.165, 1.54) is 17.0 Å². The molecule has 0 fully saturated rings. The van der Waals surface area contributed by atoms with Crippen LogP contribution in [-0.2, 0) is 38.9 Å². The van der Waals surface area contributed by atoms with E-state index < -0.39 is 35.7 Å². The van der Waals surface area contributed by atoms with E-state index in [0.29, 0.717) is 62.9 Å². The first-order valence-electron chi connectivity index (χ1n) is 25.1. The predicted octanol–water partition coefficient (Wildman–Crippen LogP) is 7.83. The Morgan fingerprint density at radius 1 is 0.538 bits per heavy atom. The lowest BCUT2D eigenvalue weighted by Crippen LogP contribution is -2.32. The van der Waals surface area contributed by atoms with Crippen LogP contribution in [0.25, 0.3) is 33.1 Å². The molecule has 0 aromatic carbocycles. The van der Waals surface area contributed by atoms with E-state index in [9.17, 15) is 36.3 Å². The summed E-state index contributed by atoms with van der Waals surface area (Å²) in [5, 5.41) is 0. The highest BCUT2D eigenvalue weighted by molar-refractivity contribution is 5.76.